The Hall–Kier alpha value is -2.04. The van der Waals surface area contributed by atoms with E-state index in [9.17, 15) is 4.79 Å². The monoisotopic (exact) mass is 398 g/mol. The van der Waals surface area contributed by atoms with Gasteiger partial charge in [0.05, 0.1) is 7.11 Å². The SMILES string of the molecule is COc1cccc([C@@H]2CN(C(C)=O)[C@H]3CCN(Cc4cccc(Cl)c4)C[C@@H]23)c1. The molecule has 0 N–H and O–H groups in total. The fraction of sp³-hybridized carbons (Fsp3) is 0.435. The van der Waals surface area contributed by atoms with E-state index in [4.69, 9.17) is 16.3 Å². The van der Waals surface area contributed by atoms with Crippen molar-refractivity contribution in [1.82, 2.24) is 9.80 Å². The molecule has 0 radical (unpaired) electrons. The summed E-state index contributed by atoms with van der Waals surface area (Å²) >= 11 is 6.16. The first kappa shape index (κ1) is 19.3. The zero-order valence-corrected chi connectivity index (χ0v) is 17.2. The second-order valence-corrected chi connectivity index (χ2v) is 8.38. The van der Waals surface area contributed by atoms with Crippen LogP contribution in [0.1, 0.15) is 30.4 Å². The molecule has 4 nitrogen and oxygen atoms in total. The molecule has 4 rings (SSSR count). The van der Waals surface area contributed by atoms with Crippen LogP contribution in [0.4, 0.5) is 0 Å². The molecule has 0 spiro atoms. The molecule has 0 saturated carbocycles. The van der Waals surface area contributed by atoms with Gasteiger partial charge in [0.2, 0.25) is 5.91 Å². The van der Waals surface area contributed by atoms with Crippen LogP contribution in [0.3, 0.4) is 0 Å². The van der Waals surface area contributed by atoms with E-state index in [1.807, 2.05) is 30.3 Å². The van der Waals surface area contributed by atoms with Crippen molar-refractivity contribution in [2.75, 3.05) is 26.7 Å². The summed E-state index contributed by atoms with van der Waals surface area (Å²) in [7, 11) is 1.70. The first-order chi connectivity index (χ1) is 13.5. The van der Waals surface area contributed by atoms with Crippen LogP contribution in [0.25, 0.3) is 0 Å². The van der Waals surface area contributed by atoms with Gasteiger partial charge in [-0.1, -0.05) is 35.9 Å². The van der Waals surface area contributed by atoms with Crippen LogP contribution >= 0.6 is 11.6 Å². The van der Waals surface area contributed by atoms with Crippen molar-refractivity contribution in [2.45, 2.75) is 31.8 Å². The van der Waals surface area contributed by atoms with Crippen LogP contribution < -0.4 is 4.74 Å². The molecule has 2 aromatic rings. The number of halogens is 1. The molecule has 2 fully saturated rings. The highest BCUT2D eigenvalue weighted by Crippen LogP contribution is 2.42. The lowest BCUT2D eigenvalue weighted by Gasteiger charge is -2.39. The molecule has 2 heterocycles. The fourth-order valence-electron chi connectivity index (χ4n) is 4.93. The highest BCUT2D eigenvalue weighted by molar-refractivity contribution is 6.30. The number of likely N-dealkylation sites (tertiary alicyclic amines) is 2. The molecule has 0 unspecified atom stereocenters. The van der Waals surface area contributed by atoms with Crippen molar-refractivity contribution in [1.29, 1.82) is 0 Å². The summed E-state index contributed by atoms with van der Waals surface area (Å²) in [5.74, 6) is 1.83. The summed E-state index contributed by atoms with van der Waals surface area (Å²) < 4.78 is 5.43. The molecule has 1 amide bonds. The van der Waals surface area contributed by atoms with E-state index in [-0.39, 0.29) is 5.91 Å². The second kappa shape index (κ2) is 8.14. The summed E-state index contributed by atoms with van der Waals surface area (Å²) in [5, 5.41) is 0.783. The largest absolute Gasteiger partial charge is 0.497 e. The molecule has 0 aromatic heterocycles. The normalized spacial score (nSPS) is 24.8. The average Bonchev–Trinajstić information content (AvgIpc) is 3.07. The van der Waals surface area contributed by atoms with Gasteiger partial charge in [0, 0.05) is 56.0 Å². The lowest BCUT2D eigenvalue weighted by atomic mass is 9.81. The summed E-state index contributed by atoms with van der Waals surface area (Å²) in [5.41, 5.74) is 2.51. The first-order valence-corrected chi connectivity index (χ1v) is 10.3. The average molecular weight is 399 g/mol. The quantitative estimate of drug-likeness (QED) is 0.774. The lowest BCUT2D eigenvalue weighted by Crippen LogP contribution is -2.47. The number of piperidine rings is 1. The summed E-state index contributed by atoms with van der Waals surface area (Å²) in [6, 6.07) is 16.7. The Kier molecular flexibility index (Phi) is 5.61. The number of ether oxygens (including phenoxy) is 1. The summed E-state index contributed by atoms with van der Waals surface area (Å²) in [6.45, 7) is 5.38. The van der Waals surface area contributed by atoms with Gasteiger partial charge in [0.1, 0.15) is 5.75 Å². The van der Waals surface area contributed by atoms with E-state index in [1.54, 1.807) is 14.0 Å². The maximum Gasteiger partial charge on any atom is 0.219 e. The van der Waals surface area contributed by atoms with E-state index in [0.717, 1.165) is 43.4 Å². The number of benzene rings is 2. The Balaban J connectivity index is 1.56. The third-order valence-corrected chi connectivity index (χ3v) is 6.47. The summed E-state index contributed by atoms with van der Waals surface area (Å²) in [4.78, 5) is 16.9. The van der Waals surface area contributed by atoms with Gasteiger partial charge in [-0.25, -0.2) is 0 Å². The maximum atomic E-state index is 12.3. The fourth-order valence-corrected chi connectivity index (χ4v) is 5.14. The van der Waals surface area contributed by atoms with Crippen molar-refractivity contribution in [2.24, 2.45) is 5.92 Å². The van der Waals surface area contributed by atoms with Crippen LogP contribution in [-0.2, 0) is 11.3 Å². The Morgan fingerprint density at radius 3 is 2.75 bits per heavy atom. The number of methoxy groups -OCH3 is 1. The molecule has 0 aliphatic carbocycles. The summed E-state index contributed by atoms with van der Waals surface area (Å²) in [6.07, 6.45) is 1.02. The second-order valence-electron chi connectivity index (χ2n) is 7.94. The zero-order valence-electron chi connectivity index (χ0n) is 16.5. The standard InChI is InChI=1S/C23H27ClN2O2/c1-16(27)26-15-21(18-6-4-8-20(12-18)28-2)22-14-25(10-9-23(22)26)13-17-5-3-7-19(24)11-17/h3-8,11-12,21-23H,9-10,13-15H2,1-2H3/t21-,22-,23-/m0/s1. The number of carbonyl (C=O) groups excluding carboxylic acids is 1. The van der Waals surface area contributed by atoms with Gasteiger partial charge in [0.15, 0.2) is 0 Å². The van der Waals surface area contributed by atoms with Crippen LogP contribution in [0.15, 0.2) is 48.5 Å². The maximum absolute atomic E-state index is 12.3. The lowest BCUT2D eigenvalue weighted by molar-refractivity contribution is -0.130. The van der Waals surface area contributed by atoms with Gasteiger partial charge in [-0.2, -0.15) is 0 Å². The van der Waals surface area contributed by atoms with Gasteiger partial charge in [-0.05, 0) is 41.8 Å². The van der Waals surface area contributed by atoms with Gasteiger partial charge >= 0.3 is 0 Å². The Morgan fingerprint density at radius 1 is 1.18 bits per heavy atom. The third kappa shape index (κ3) is 3.89. The van der Waals surface area contributed by atoms with Crippen LogP contribution in [0.5, 0.6) is 5.75 Å². The topological polar surface area (TPSA) is 32.8 Å². The van der Waals surface area contributed by atoms with Crippen LogP contribution in [0, 0.1) is 5.92 Å². The van der Waals surface area contributed by atoms with E-state index < -0.39 is 0 Å². The molecule has 0 bridgehead atoms. The Labute approximate surface area is 172 Å². The first-order valence-electron chi connectivity index (χ1n) is 9.93. The molecular formula is C23H27ClN2O2. The number of fused-ring (bicyclic) bond motifs is 1. The van der Waals surface area contributed by atoms with Crippen molar-refractivity contribution >= 4 is 17.5 Å². The van der Waals surface area contributed by atoms with Crippen molar-refractivity contribution in [3.8, 4) is 5.75 Å². The van der Waals surface area contributed by atoms with Crippen LogP contribution in [0.2, 0.25) is 5.02 Å². The van der Waals surface area contributed by atoms with E-state index in [2.05, 4.69) is 28.0 Å². The zero-order chi connectivity index (χ0) is 19.7. The van der Waals surface area contributed by atoms with Crippen molar-refractivity contribution in [3.63, 3.8) is 0 Å². The minimum atomic E-state index is 0.184. The number of hydrogen-bond acceptors (Lipinski definition) is 3. The predicted octanol–water partition coefficient (Wildman–Crippen LogP) is 4.19. The minimum Gasteiger partial charge on any atom is -0.497 e. The molecule has 2 aliphatic heterocycles. The highest BCUT2D eigenvalue weighted by Gasteiger charge is 2.46. The third-order valence-electron chi connectivity index (χ3n) is 6.24. The molecule has 2 saturated heterocycles. The Bertz CT molecular complexity index is 856. The molecule has 28 heavy (non-hydrogen) atoms. The molecule has 3 atom stereocenters. The van der Waals surface area contributed by atoms with Gasteiger partial charge in [0.25, 0.3) is 0 Å². The molecular weight excluding hydrogens is 372 g/mol. The predicted molar refractivity (Wildman–Crippen MR) is 112 cm³/mol. The molecule has 148 valence electrons. The van der Waals surface area contributed by atoms with Gasteiger partial charge < -0.3 is 9.64 Å². The van der Waals surface area contributed by atoms with E-state index >= 15 is 0 Å². The van der Waals surface area contributed by atoms with Crippen molar-refractivity contribution < 1.29 is 9.53 Å². The number of carbonyl (C=O) groups is 1. The minimum absolute atomic E-state index is 0.184. The number of hydrogen-bond donors (Lipinski definition) is 0. The van der Waals surface area contributed by atoms with E-state index in [1.165, 1.54) is 11.1 Å². The smallest absolute Gasteiger partial charge is 0.219 e. The molecule has 2 aliphatic rings. The van der Waals surface area contributed by atoms with Gasteiger partial charge in [-0.15, -0.1) is 0 Å². The number of amides is 1. The van der Waals surface area contributed by atoms with E-state index in [0.29, 0.717) is 17.9 Å². The molecule has 2 aromatic carbocycles. The van der Waals surface area contributed by atoms with Crippen molar-refractivity contribution in [3.05, 3.63) is 64.7 Å². The Morgan fingerprint density at radius 2 is 2.00 bits per heavy atom. The highest BCUT2D eigenvalue weighted by atomic mass is 35.5. The number of nitrogens with zero attached hydrogens (tertiary/aromatic N) is 2. The van der Waals surface area contributed by atoms with Crippen LogP contribution in [-0.4, -0.2) is 48.5 Å². The van der Waals surface area contributed by atoms with Gasteiger partial charge in [-0.3, -0.25) is 9.69 Å². The molecule has 5 heteroatoms. The number of rotatable bonds is 4.